The molecule has 3 nitrogen and oxygen atoms in total. The van der Waals surface area contributed by atoms with Gasteiger partial charge in [-0.3, -0.25) is 9.59 Å². The topological polar surface area (TPSA) is 43.4 Å². The number of ether oxygens (including phenoxy) is 1. The molecule has 0 bridgehead atoms. The summed E-state index contributed by atoms with van der Waals surface area (Å²) >= 11 is 0. The molecule has 2 unspecified atom stereocenters. The highest BCUT2D eigenvalue weighted by atomic mass is 16.5. The number of ketones is 1. The third-order valence-electron chi connectivity index (χ3n) is 3.84. The average molecular weight is 274 g/mol. The Morgan fingerprint density at radius 3 is 2.60 bits per heavy atom. The highest BCUT2D eigenvalue weighted by molar-refractivity contribution is 5.97. The van der Waals surface area contributed by atoms with Crippen molar-refractivity contribution >= 4 is 11.8 Å². The third-order valence-corrected chi connectivity index (χ3v) is 3.84. The van der Waals surface area contributed by atoms with Crippen LogP contribution in [-0.4, -0.2) is 17.9 Å². The van der Waals surface area contributed by atoms with E-state index in [1.807, 2.05) is 18.2 Å². The van der Waals surface area contributed by atoms with Gasteiger partial charge in [-0.25, -0.2) is 0 Å². The van der Waals surface area contributed by atoms with Gasteiger partial charge < -0.3 is 4.74 Å². The molecule has 0 N–H and O–H groups in total. The summed E-state index contributed by atoms with van der Waals surface area (Å²) in [5, 5.41) is 0. The van der Waals surface area contributed by atoms with Crippen LogP contribution >= 0.6 is 0 Å². The van der Waals surface area contributed by atoms with Gasteiger partial charge in [0.25, 0.3) is 0 Å². The quantitative estimate of drug-likeness (QED) is 0.606. The summed E-state index contributed by atoms with van der Waals surface area (Å²) in [6, 6.07) is 9.08. The number of Topliss-reactive ketones (excluding diaryl/α,β-unsaturated/α-hetero) is 1. The first-order valence-electron chi connectivity index (χ1n) is 7.43. The molecular formula is C17H22O3. The van der Waals surface area contributed by atoms with Gasteiger partial charge >= 0.3 is 5.97 Å². The van der Waals surface area contributed by atoms with Crippen molar-refractivity contribution in [1.82, 2.24) is 0 Å². The maximum Gasteiger partial charge on any atom is 0.306 e. The zero-order chi connectivity index (χ0) is 14.4. The number of benzene rings is 1. The number of rotatable bonds is 5. The van der Waals surface area contributed by atoms with E-state index in [2.05, 4.69) is 6.92 Å². The monoisotopic (exact) mass is 274 g/mol. The minimum Gasteiger partial charge on any atom is -0.462 e. The van der Waals surface area contributed by atoms with Crippen molar-refractivity contribution in [1.29, 1.82) is 0 Å². The molecule has 2 rings (SSSR count). The lowest BCUT2D eigenvalue weighted by Crippen LogP contribution is -2.24. The van der Waals surface area contributed by atoms with Gasteiger partial charge in [-0.15, -0.1) is 0 Å². The minimum absolute atomic E-state index is 0.000405. The summed E-state index contributed by atoms with van der Waals surface area (Å²) in [7, 11) is 0. The van der Waals surface area contributed by atoms with Crippen molar-refractivity contribution in [3.8, 4) is 0 Å². The molecule has 2 atom stereocenters. The van der Waals surface area contributed by atoms with Gasteiger partial charge in [0, 0.05) is 12.0 Å². The molecule has 0 spiro atoms. The molecule has 1 fully saturated rings. The van der Waals surface area contributed by atoms with E-state index in [1.165, 1.54) is 6.42 Å². The lowest BCUT2D eigenvalue weighted by molar-refractivity contribution is -0.151. The fraction of sp³-hybridized carbons (Fsp3) is 0.529. The first-order valence-corrected chi connectivity index (χ1v) is 7.43. The van der Waals surface area contributed by atoms with Crippen LogP contribution in [0.15, 0.2) is 30.3 Å². The van der Waals surface area contributed by atoms with Gasteiger partial charge in [-0.1, -0.05) is 43.7 Å². The molecule has 0 aromatic heterocycles. The SMILES string of the molecule is CC1CCCC(OC(=O)CCC(=O)c2ccccc2)C1. The Kier molecular flexibility index (Phi) is 5.33. The second-order valence-corrected chi connectivity index (χ2v) is 5.67. The highest BCUT2D eigenvalue weighted by Crippen LogP contribution is 2.26. The van der Waals surface area contributed by atoms with Crippen molar-refractivity contribution in [3.63, 3.8) is 0 Å². The van der Waals surface area contributed by atoms with Crippen molar-refractivity contribution in [2.24, 2.45) is 5.92 Å². The first-order chi connectivity index (χ1) is 9.65. The van der Waals surface area contributed by atoms with Crippen LogP contribution in [0.25, 0.3) is 0 Å². The maximum atomic E-state index is 11.9. The van der Waals surface area contributed by atoms with E-state index in [1.54, 1.807) is 12.1 Å². The van der Waals surface area contributed by atoms with Crippen LogP contribution in [0.1, 0.15) is 55.8 Å². The summed E-state index contributed by atoms with van der Waals surface area (Å²) in [5.41, 5.74) is 0.659. The van der Waals surface area contributed by atoms with E-state index in [-0.39, 0.29) is 30.7 Å². The molecule has 0 heterocycles. The lowest BCUT2D eigenvalue weighted by atomic mass is 9.89. The Hall–Kier alpha value is -1.64. The number of hydrogen-bond acceptors (Lipinski definition) is 3. The number of hydrogen-bond donors (Lipinski definition) is 0. The summed E-state index contributed by atoms with van der Waals surface area (Å²) in [6.45, 7) is 2.19. The Bertz CT molecular complexity index is 453. The van der Waals surface area contributed by atoms with Crippen molar-refractivity contribution in [2.75, 3.05) is 0 Å². The fourth-order valence-electron chi connectivity index (χ4n) is 2.71. The molecule has 20 heavy (non-hydrogen) atoms. The minimum atomic E-state index is -0.242. The second-order valence-electron chi connectivity index (χ2n) is 5.67. The lowest BCUT2D eigenvalue weighted by Gasteiger charge is -2.26. The zero-order valence-corrected chi connectivity index (χ0v) is 12.0. The van der Waals surface area contributed by atoms with E-state index >= 15 is 0 Å². The Morgan fingerprint density at radius 1 is 1.15 bits per heavy atom. The van der Waals surface area contributed by atoms with Crippen molar-refractivity contribution in [2.45, 2.75) is 51.6 Å². The van der Waals surface area contributed by atoms with E-state index in [9.17, 15) is 9.59 Å². The Balaban J connectivity index is 1.73. The predicted molar refractivity (Wildman–Crippen MR) is 77.5 cm³/mol. The molecule has 3 heteroatoms. The summed E-state index contributed by atoms with van der Waals surface area (Å²) < 4.78 is 5.46. The molecule has 1 aliphatic rings. The largest absolute Gasteiger partial charge is 0.462 e. The summed E-state index contributed by atoms with van der Waals surface area (Å²) in [5.74, 6) is 0.389. The van der Waals surface area contributed by atoms with Crippen LogP contribution < -0.4 is 0 Å². The van der Waals surface area contributed by atoms with Gasteiger partial charge in [0.2, 0.25) is 0 Å². The predicted octanol–water partition coefficient (Wildman–Crippen LogP) is 3.77. The maximum absolute atomic E-state index is 11.9. The van der Waals surface area contributed by atoms with Crippen molar-refractivity contribution < 1.29 is 14.3 Å². The molecule has 1 saturated carbocycles. The van der Waals surface area contributed by atoms with Gasteiger partial charge in [-0.05, 0) is 25.2 Å². The Labute approximate surface area is 120 Å². The molecule has 0 aliphatic heterocycles. The van der Waals surface area contributed by atoms with Crippen LogP contribution in [0, 0.1) is 5.92 Å². The number of esters is 1. The smallest absolute Gasteiger partial charge is 0.306 e. The van der Waals surface area contributed by atoms with E-state index in [0.29, 0.717) is 11.5 Å². The van der Waals surface area contributed by atoms with E-state index < -0.39 is 0 Å². The van der Waals surface area contributed by atoms with Gasteiger partial charge in [0.05, 0.1) is 6.42 Å². The molecule has 1 aromatic rings. The standard InChI is InChI=1S/C17H22O3/c1-13-6-5-9-15(12-13)20-17(19)11-10-16(18)14-7-3-2-4-8-14/h2-4,7-8,13,15H,5-6,9-12H2,1H3. The summed E-state index contributed by atoms with van der Waals surface area (Å²) in [4.78, 5) is 23.7. The van der Waals surface area contributed by atoms with Crippen LogP contribution in [0.3, 0.4) is 0 Å². The molecule has 0 radical (unpaired) electrons. The molecule has 1 aromatic carbocycles. The van der Waals surface area contributed by atoms with Crippen LogP contribution in [0.2, 0.25) is 0 Å². The van der Waals surface area contributed by atoms with Gasteiger partial charge in [0.1, 0.15) is 6.10 Å². The van der Waals surface area contributed by atoms with Crippen molar-refractivity contribution in [3.05, 3.63) is 35.9 Å². The van der Waals surface area contributed by atoms with Crippen LogP contribution in [0.4, 0.5) is 0 Å². The number of carbonyl (C=O) groups is 2. The molecule has 0 saturated heterocycles. The second kappa shape index (κ2) is 7.22. The molecule has 108 valence electrons. The van der Waals surface area contributed by atoms with E-state index in [4.69, 9.17) is 4.74 Å². The Morgan fingerprint density at radius 2 is 1.90 bits per heavy atom. The zero-order valence-electron chi connectivity index (χ0n) is 12.0. The number of carbonyl (C=O) groups excluding carboxylic acids is 2. The third kappa shape index (κ3) is 4.48. The normalized spacial score (nSPS) is 22.2. The van der Waals surface area contributed by atoms with Crippen LogP contribution in [-0.2, 0) is 9.53 Å². The van der Waals surface area contributed by atoms with Gasteiger partial charge in [-0.2, -0.15) is 0 Å². The highest BCUT2D eigenvalue weighted by Gasteiger charge is 2.22. The van der Waals surface area contributed by atoms with E-state index in [0.717, 1.165) is 19.3 Å². The molecular weight excluding hydrogens is 252 g/mol. The van der Waals surface area contributed by atoms with Gasteiger partial charge in [0.15, 0.2) is 5.78 Å². The van der Waals surface area contributed by atoms with Crippen LogP contribution in [0.5, 0.6) is 0 Å². The average Bonchev–Trinajstić information content (AvgIpc) is 2.46. The summed E-state index contributed by atoms with van der Waals surface area (Å²) in [6.07, 6.45) is 4.73. The molecule has 1 aliphatic carbocycles. The molecule has 0 amide bonds. The fourth-order valence-corrected chi connectivity index (χ4v) is 2.71. The first kappa shape index (κ1) is 14.8.